The molecule has 0 aromatic carbocycles. The van der Waals surface area contributed by atoms with Gasteiger partial charge in [0.1, 0.15) is 0 Å². The SMILES string of the molecule is Cc1n[nH]c(C)c1CC(=O)N1CCC(C(=O)NCC(C)C)CC1. The zero-order valence-corrected chi connectivity index (χ0v) is 14.6. The molecule has 2 N–H and O–H groups in total. The van der Waals surface area contributed by atoms with Crippen LogP contribution >= 0.6 is 0 Å². The van der Waals surface area contributed by atoms with Gasteiger partial charge in [0, 0.05) is 36.8 Å². The van der Waals surface area contributed by atoms with E-state index in [0.29, 0.717) is 25.4 Å². The maximum Gasteiger partial charge on any atom is 0.227 e. The highest BCUT2D eigenvalue weighted by molar-refractivity contribution is 5.81. The lowest BCUT2D eigenvalue weighted by molar-refractivity contribution is -0.135. The molecule has 1 aromatic heterocycles. The molecule has 23 heavy (non-hydrogen) atoms. The van der Waals surface area contributed by atoms with Crippen molar-refractivity contribution in [3.8, 4) is 0 Å². The Morgan fingerprint density at radius 2 is 1.96 bits per heavy atom. The fourth-order valence-corrected chi connectivity index (χ4v) is 2.94. The molecule has 0 bridgehead atoms. The number of nitrogens with one attached hydrogen (secondary N) is 2. The summed E-state index contributed by atoms with van der Waals surface area (Å²) < 4.78 is 0. The van der Waals surface area contributed by atoms with Gasteiger partial charge in [-0.3, -0.25) is 14.7 Å². The second kappa shape index (κ2) is 7.62. The van der Waals surface area contributed by atoms with Crippen molar-refractivity contribution >= 4 is 11.8 Å². The van der Waals surface area contributed by atoms with Crippen LogP contribution in [0.4, 0.5) is 0 Å². The van der Waals surface area contributed by atoms with Crippen molar-refractivity contribution in [1.82, 2.24) is 20.4 Å². The van der Waals surface area contributed by atoms with Crippen LogP contribution in [0, 0.1) is 25.7 Å². The average Bonchev–Trinajstić information content (AvgIpc) is 2.84. The van der Waals surface area contributed by atoms with Crippen LogP contribution in [0.15, 0.2) is 0 Å². The Labute approximate surface area is 138 Å². The minimum atomic E-state index is 0.0372. The number of amides is 2. The third-order valence-corrected chi connectivity index (χ3v) is 4.51. The van der Waals surface area contributed by atoms with Crippen LogP contribution in [0.3, 0.4) is 0 Å². The van der Waals surface area contributed by atoms with Crippen molar-refractivity contribution in [3.05, 3.63) is 17.0 Å². The summed E-state index contributed by atoms with van der Waals surface area (Å²) in [5.41, 5.74) is 2.84. The minimum absolute atomic E-state index is 0.0372. The van der Waals surface area contributed by atoms with Gasteiger partial charge in [0.15, 0.2) is 0 Å². The number of hydrogen-bond donors (Lipinski definition) is 2. The van der Waals surface area contributed by atoms with Crippen LogP contribution in [0.5, 0.6) is 0 Å². The van der Waals surface area contributed by atoms with Crippen molar-refractivity contribution < 1.29 is 9.59 Å². The van der Waals surface area contributed by atoms with Crippen LogP contribution in [0.1, 0.15) is 43.6 Å². The summed E-state index contributed by atoms with van der Waals surface area (Å²) in [4.78, 5) is 26.4. The summed E-state index contributed by atoms with van der Waals surface area (Å²) in [5.74, 6) is 0.753. The van der Waals surface area contributed by atoms with Crippen molar-refractivity contribution in [3.63, 3.8) is 0 Å². The van der Waals surface area contributed by atoms with E-state index in [-0.39, 0.29) is 17.7 Å². The second-order valence-corrected chi connectivity index (χ2v) is 6.88. The molecular weight excluding hydrogens is 292 g/mol. The molecule has 0 saturated carbocycles. The summed E-state index contributed by atoms with van der Waals surface area (Å²) >= 11 is 0. The topological polar surface area (TPSA) is 78.1 Å². The van der Waals surface area contributed by atoms with E-state index >= 15 is 0 Å². The molecule has 0 spiro atoms. The molecule has 1 fully saturated rings. The Hall–Kier alpha value is -1.85. The van der Waals surface area contributed by atoms with Crippen LogP contribution in [-0.2, 0) is 16.0 Å². The molecule has 0 radical (unpaired) electrons. The lowest BCUT2D eigenvalue weighted by Crippen LogP contribution is -2.44. The number of H-pyrrole nitrogens is 1. The molecule has 0 unspecified atom stereocenters. The molecule has 1 saturated heterocycles. The van der Waals surface area contributed by atoms with Crippen LogP contribution in [-0.4, -0.2) is 46.5 Å². The number of aromatic amines is 1. The zero-order valence-electron chi connectivity index (χ0n) is 14.6. The molecule has 1 aliphatic heterocycles. The van der Waals surface area contributed by atoms with Gasteiger partial charge in [0.2, 0.25) is 11.8 Å². The van der Waals surface area contributed by atoms with Gasteiger partial charge in [-0.25, -0.2) is 0 Å². The van der Waals surface area contributed by atoms with Crippen LogP contribution < -0.4 is 5.32 Å². The lowest BCUT2D eigenvalue weighted by atomic mass is 9.95. The van der Waals surface area contributed by atoms with Crippen molar-refractivity contribution in [2.45, 2.75) is 47.0 Å². The van der Waals surface area contributed by atoms with Gasteiger partial charge in [-0.15, -0.1) is 0 Å². The highest BCUT2D eigenvalue weighted by Crippen LogP contribution is 2.19. The van der Waals surface area contributed by atoms with Gasteiger partial charge in [-0.2, -0.15) is 5.10 Å². The van der Waals surface area contributed by atoms with Crippen LogP contribution in [0.25, 0.3) is 0 Å². The van der Waals surface area contributed by atoms with E-state index < -0.39 is 0 Å². The Kier molecular flexibility index (Phi) is 5.80. The van der Waals surface area contributed by atoms with E-state index in [1.165, 1.54) is 0 Å². The molecule has 1 aliphatic rings. The van der Waals surface area contributed by atoms with E-state index in [0.717, 1.165) is 36.3 Å². The largest absolute Gasteiger partial charge is 0.356 e. The van der Waals surface area contributed by atoms with E-state index in [2.05, 4.69) is 29.4 Å². The Balaban J connectivity index is 1.82. The maximum atomic E-state index is 12.4. The zero-order chi connectivity index (χ0) is 17.0. The van der Waals surface area contributed by atoms with Gasteiger partial charge in [-0.1, -0.05) is 13.8 Å². The number of carbonyl (C=O) groups excluding carboxylic acids is 2. The normalized spacial score (nSPS) is 16.0. The Morgan fingerprint density at radius 3 is 2.48 bits per heavy atom. The summed E-state index contributed by atoms with van der Waals surface area (Å²) in [6, 6.07) is 0. The predicted molar refractivity (Wildman–Crippen MR) is 88.9 cm³/mol. The third kappa shape index (κ3) is 4.56. The number of aromatic nitrogens is 2. The van der Waals surface area contributed by atoms with E-state index in [9.17, 15) is 9.59 Å². The average molecular weight is 320 g/mol. The lowest BCUT2D eigenvalue weighted by Gasteiger charge is -2.31. The number of piperidine rings is 1. The molecule has 128 valence electrons. The molecular formula is C17H28N4O2. The van der Waals surface area contributed by atoms with Gasteiger partial charge in [-0.05, 0) is 32.6 Å². The van der Waals surface area contributed by atoms with Gasteiger partial charge in [0.05, 0.1) is 12.1 Å². The second-order valence-electron chi connectivity index (χ2n) is 6.88. The van der Waals surface area contributed by atoms with Crippen molar-refractivity contribution in [2.75, 3.05) is 19.6 Å². The highest BCUT2D eigenvalue weighted by Gasteiger charge is 2.27. The van der Waals surface area contributed by atoms with Crippen molar-refractivity contribution in [2.24, 2.45) is 11.8 Å². The quantitative estimate of drug-likeness (QED) is 0.864. The predicted octanol–water partition coefficient (Wildman–Crippen LogP) is 1.58. The fraction of sp³-hybridized carbons (Fsp3) is 0.706. The standard InChI is InChI=1S/C17H28N4O2/c1-11(2)10-18-17(23)14-5-7-21(8-6-14)16(22)9-15-12(3)19-20-13(15)4/h11,14H,5-10H2,1-4H3,(H,18,23)(H,19,20). The minimum Gasteiger partial charge on any atom is -0.356 e. The monoisotopic (exact) mass is 320 g/mol. The smallest absolute Gasteiger partial charge is 0.227 e. The number of rotatable bonds is 5. The molecule has 6 heteroatoms. The summed E-state index contributed by atoms with van der Waals surface area (Å²) in [5, 5.41) is 10.0. The van der Waals surface area contributed by atoms with Gasteiger partial charge in [0.25, 0.3) is 0 Å². The van der Waals surface area contributed by atoms with Gasteiger partial charge < -0.3 is 10.2 Å². The first-order chi connectivity index (χ1) is 10.9. The number of carbonyl (C=O) groups is 2. The first kappa shape index (κ1) is 17.5. The molecule has 2 amide bonds. The molecule has 0 aliphatic carbocycles. The van der Waals surface area contributed by atoms with Crippen molar-refractivity contribution in [1.29, 1.82) is 0 Å². The first-order valence-electron chi connectivity index (χ1n) is 8.44. The van der Waals surface area contributed by atoms with Crippen LogP contribution in [0.2, 0.25) is 0 Å². The van der Waals surface area contributed by atoms with Gasteiger partial charge >= 0.3 is 0 Å². The highest BCUT2D eigenvalue weighted by atomic mass is 16.2. The van der Waals surface area contributed by atoms with E-state index in [4.69, 9.17) is 0 Å². The Morgan fingerprint density at radius 1 is 1.30 bits per heavy atom. The molecule has 2 heterocycles. The fourth-order valence-electron chi connectivity index (χ4n) is 2.94. The third-order valence-electron chi connectivity index (χ3n) is 4.51. The number of likely N-dealkylation sites (tertiary alicyclic amines) is 1. The number of nitrogens with zero attached hydrogens (tertiary/aromatic N) is 2. The van der Waals surface area contributed by atoms with E-state index in [1.807, 2.05) is 18.7 Å². The molecule has 6 nitrogen and oxygen atoms in total. The first-order valence-corrected chi connectivity index (χ1v) is 8.44. The Bertz CT molecular complexity index is 537. The number of hydrogen-bond acceptors (Lipinski definition) is 3. The molecule has 0 atom stereocenters. The van der Waals surface area contributed by atoms with E-state index in [1.54, 1.807) is 0 Å². The molecule has 2 rings (SSSR count). The summed E-state index contributed by atoms with van der Waals surface area (Å²) in [7, 11) is 0. The molecule has 1 aromatic rings. The summed E-state index contributed by atoms with van der Waals surface area (Å²) in [6.07, 6.45) is 1.89. The maximum absolute atomic E-state index is 12.4. The number of aryl methyl sites for hydroxylation is 2. The summed E-state index contributed by atoms with van der Waals surface area (Å²) in [6.45, 7) is 10.1.